The van der Waals surface area contributed by atoms with Crippen molar-refractivity contribution < 1.29 is 9.53 Å². The molecule has 0 aliphatic heterocycles. The Hall–Kier alpha value is -1.05. The van der Waals surface area contributed by atoms with Crippen LogP contribution in [0.5, 0.6) is 0 Å². The first-order valence-electron chi connectivity index (χ1n) is 7.70. The molecule has 110 valence electrons. The van der Waals surface area contributed by atoms with E-state index in [1.54, 1.807) is 0 Å². The van der Waals surface area contributed by atoms with Gasteiger partial charge in [0.2, 0.25) is 0 Å². The number of carbonyl (C=O) groups is 1. The molecule has 0 saturated carbocycles. The van der Waals surface area contributed by atoms with Crippen LogP contribution in [0.4, 0.5) is 0 Å². The largest absolute Gasteiger partial charge is 0.466 e. The van der Waals surface area contributed by atoms with E-state index in [0.29, 0.717) is 6.61 Å². The van der Waals surface area contributed by atoms with Crippen LogP contribution in [0, 0.1) is 0 Å². The van der Waals surface area contributed by atoms with Crippen molar-refractivity contribution >= 4 is 5.97 Å². The molecule has 0 heterocycles. The van der Waals surface area contributed by atoms with Crippen LogP contribution in [0.2, 0.25) is 0 Å². The Labute approximate surface area is 118 Å². The van der Waals surface area contributed by atoms with Crippen LogP contribution in [0.25, 0.3) is 0 Å². The van der Waals surface area contributed by atoms with Crippen LogP contribution in [-0.2, 0) is 9.53 Å². The summed E-state index contributed by atoms with van der Waals surface area (Å²) in [6, 6.07) is 0. The zero-order valence-electron chi connectivity index (χ0n) is 12.7. The average Bonchev–Trinajstić information content (AvgIpc) is 2.39. The Kier molecular flexibility index (Phi) is 14.2. The maximum Gasteiger partial charge on any atom is 0.302 e. The molecule has 0 aromatic rings. The van der Waals surface area contributed by atoms with E-state index >= 15 is 0 Å². The fourth-order valence-electron chi connectivity index (χ4n) is 1.76. The molecule has 0 aliphatic carbocycles. The lowest BCUT2D eigenvalue weighted by atomic mass is 10.1. The van der Waals surface area contributed by atoms with Crippen molar-refractivity contribution in [3.05, 3.63) is 24.3 Å². The monoisotopic (exact) mass is 266 g/mol. The van der Waals surface area contributed by atoms with Crippen LogP contribution in [-0.4, -0.2) is 12.6 Å². The van der Waals surface area contributed by atoms with E-state index < -0.39 is 0 Å². The van der Waals surface area contributed by atoms with Crippen molar-refractivity contribution in [1.29, 1.82) is 0 Å². The first-order valence-corrected chi connectivity index (χ1v) is 7.70. The van der Waals surface area contributed by atoms with Crippen LogP contribution in [0.15, 0.2) is 24.3 Å². The molecular weight excluding hydrogens is 236 g/mol. The highest BCUT2D eigenvalue weighted by Gasteiger charge is 1.92. The van der Waals surface area contributed by atoms with Crippen molar-refractivity contribution in [2.75, 3.05) is 6.61 Å². The van der Waals surface area contributed by atoms with Crippen molar-refractivity contribution in [2.45, 2.75) is 71.6 Å². The van der Waals surface area contributed by atoms with E-state index in [4.69, 9.17) is 4.74 Å². The number of unbranched alkanes of at least 4 members (excludes halogenated alkanes) is 6. The van der Waals surface area contributed by atoms with Gasteiger partial charge >= 0.3 is 5.97 Å². The maximum absolute atomic E-state index is 10.5. The van der Waals surface area contributed by atoms with Gasteiger partial charge in [0.1, 0.15) is 0 Å². The molecule has 0 aliphatic rings. The van der Waals surface area contributed by atoms with Crippen molar-refractivity contribution in [3.63, 3.8) is 0 Å². The molecule has 0 bridgehead atoms. The lowest BCUT2D eigenvalue weighted by Gasteiger charge is -2.00. The number of hydrogen-bond donors (Lipinski definition) is 0. The van der Waals surface area contributed by atoms with E-state index in [-0.39, 0.29) is 5.97 Å². The number of rotatable bonds is 12. The first-order chi connectivity index (χ1) is 9.27. The molecule has 2 nitrogen and oxygen atoms in total. The molecule has 0 aromatic carbocycles. The second-order valence-electron chi connectivity index (χ2n) is 4.85. The van der Waals surface area contributed by atoms with Gasteiger partial charge in [-0.15, -0.1) is 0 Å². The fourth-order valence-corrected chi connectivity index (χ4v) is 1.76. The van der Waals surface area contributed by atoms with E-state index in [9.17, 15) is 4.79 Å². The van der Waals surface area contributed by atoms with Gasteiger partial charge in [-0.05, 0) is 38.5 Å². The predicted octanol–water partition coefficient (Wildman–Crippen LogP) is 5.19. The highest BCUT2D eigenvalue weighted by Crippen LogP contribution is 2.05. The Balaban J connectivity index is 3.14. The quantitative estimate of drug-likeness (QED) is 0.276. The second kappa shape index (κ2) is 15.0. The summed E-state index contributed by atoms with van der Waals surface area (Å²) in [5.41, 5.74) is 0. The van der Waals surface area contributed by atoms with E-state index in [0.717, 1.165) is 19.3 Å². The van der Waals surface area contributed by atoms with Gasteiger partial charge in [-0.3, -0.25) is 4.79 Å². The summed E-state index contributed by atoms with van der Waals surface area (Å²) >= 11 is 0. The summed E-state index contributed by atoms with van der Waals surface area (Å²) in [6.07, 6.45) is 19.7. The minimum atomic E-state index is -0.170. The SMILES string of the molecule is CCC/C=C/CC/C=C/CCCCCCOC(C)=O. The lowest BCUT2D eigenvalue weighted by molar-refractivity contribution is -0.141. The molecule has 0 radical (unpaired) electrons. The van der Waals surface area contributed by atoms with Crippen LogP contribution in [0.3, 0.4) is 0 Å². The molecule has 0 unspecified atom stereocenters. The van der Waals surface area contributed by atoms with Crippen molar-refractivity contribution in [2.24, 2.45) is 0 Å². The second-order valence-corrected chi connectivity index (χ2v) is 4.85. The summed E-state index contributed by atoms with van der Waals surface area (Å²) in [4.78, 5) is 10.5. The molecule has 0 spiro atoms. The smallest absolute Gasteiger partial charge is 0.302 e. The van der Waals surface area contributed by atoms with E-state index in [2.05, 4.69) is 31.2 Å². The summed E-state index contributed by atoms with van der Waals surface area (Å²) in [6.45, 7) is 4.24. The Morgan fingerprint density at radius 3 is 2.05 bits per heavy atom. The third kappa shape index (κ3) is 16.9. The maximum atomic E-state index is 10.5. The number of esters is 1. The molecular formula is C17H30O2. The normalized spacial score (nSPS) is 11.5. The van der Waals surface area contributed by atoms with Crippen LogP contribution < -0.4 is 0 Å². The molecule has 0 fully saturated rings. The third-order valence-corrected chi connectivity index (χ3v) is 2.86. The molecule has 0 N–H and O–H groups in total. The van der Waals surface area contributed by atoms with Gasteiger partial charge in [0.05, 0.1) is 6.61 Å². The molecule has 0 atom stereocenters. The predicted molar refractivity (Wildman–Crippen MR) is 82.1 cm³/mol. The Morgan fingerprint density at radius 2 is 1.42 bits per heavy atom. The average molecular weight is 266 g/mol. The molecule has 0 saturated heterocycles. The van der Waals surface area contributed by atoms with Gasteiger partial charge in [0.15, 0.2) is 0 Å². The fraction of sp³-hybridized carbons (Fsp3) is 0.706. The number of allylic oxidation sites excluding steroid dienone is 4. The summed E-state index contributed by atoms with van der Waals surface area (Å²) in [7, 11) is 0. The zero-order chi connectivity index (χ0) is 14.2. The Morgan fingerprint density at radius 1 is 0.842 bits per heavy atom. The highest BCUT2D eigenvalue weighted by atomic mass is 16.5. The lowest BCUT2D eigenvalue weighted by Crippen LogP contribution is -1.99. The summed E-state index contributed by atoms with van der Waals surface area (Å²) in [5.74, 6) is -0.170. The molecule has 19 heavy (non-hydrogen) atoms. The van der Waals surface area contributed by atoms with Gasteiger partial charge in [-0.1, -0.05) is 50.5 Å². The Bertz CT molecular complexity index is 254. The molecule has 0 aromatic heterocycles. The summed E-state index contributed by atoms with van der Waals surface area (Å²) in [5, 5.41) is 0. The minimum Gasteiger partial charge on any atom is -0.466 e. The molecule has 0 rings (SSSR count). The molecule has 2 heteroatoms. The zero-order valence-corrected chi connectivity index (χ0v) is 12.7. The van der Waals surface area contributed by atoms with Gasteiger partial charge in [-0.2, -0.15) is 0 Å². The minimum absolute atomic E-state index is 0.170. The van der Waals surface area contributed by atoms with Crippen molar-refractivity contribution in [3.8, 4) is 0 Å². The van der Waals surface area contributed by atoms with Crippen LogP contribution >= 0.6 is 0 Å². The van der Waals surface area contributed by atoms with E-state index in [1.807, 2.05) is 0 Å². The topological polar surface area (TPSA) is 26.3 Å². The van der Waals surface area contributed by atoms with Crippen LogP contribution in [0.1, 0.15) is 71.6 Å². The molecule has 0 amide bonds. The van der Waals surface area contributed by atoms with Gasteiger partial charge in [-0.25, -0.2) is 0 Å². The van der Waals surface area contributed by atoms with Gasteiger partial charge in [0, 0.05) is 6.92 Å². The van der Waals surface area contributed by atoms with Gasteiger partial charge in [0.25, 0.3) is 0 Å². The van der Waals surface area contributed by atoms with Crippen molar-refractivity contribution in [1.82, 2.24) is 0 Å². The first kappa shape index (κ1) is 17.9. The standard InChI is InChI=1S/C17H30O2/c1-3-4-5-6-7-8-9-10-11-12-13-14-15-16-19-17(2)18/h5-6,9-10H,3-4,7-8,11-16H2,1-2H3/b6-5+,10-9+. The summed E-state index contributed by atoms with van der Waals surface area (Å²) < 4.78 is 4.88. The number of carbonyl (C=O) groups excluding carboxylic acids is 1. The third-order valence-electron chi connectivity index (χ3n) is 2.86. The van der Waals surface area contributed by atoms with E-state index in [1.165, 1.54) is 45.4 Å². The van der Waals surface area contributed by atoms with Gasteiger partial charge < -0.3 is 4.74 Å². The number of hydrogen-bond acceptors (Lipinski definition) is 2. The number of ether oxygens (including phenoxy) is 1. The highest BCUT2D eigenvalue weighted by molar-refractivity contribution is 5.65.